The minimum Gasteiger partial charge on any atom is -0.493 e. The maximum absolute atomic E-state index is 10.4. The highest BCUT2D eigenvalue weighted by molar-refractivity contribution is 5.51. The van der Waals surface area contributed by atoms with E-state index in [-0.39, 0.29) is 6.61 Å². The Morgan fingerprint density at radius 3 is 2.04 bits per heavy atom. The maximum Gasteiger partial charge on any atom is 0.203 e. The summed E-state index contributed by atoms with van der Waals surface area (Å²) in [6.07, 6.45) is -0.848. The summed E-state index contributed by atoms with van der Waals surface area (Å²) in [7, 11) is 4.66. The Balaban J connectivity index is 2.14. The van der Waals surface area contributed by atoms with Gasteiger partial charge in [0.05, 0.1) is 27.9 Å². The molecule has 1 atom stereocenters. The highest BCUT2D eigenvalue weighted by Crippen LogP contribution is 2.37. The van der Waals surface area contributed by atoms with E-state index in [0.29, 0.717) is 40.9 Å². The van der Waals surface area contributed by atoms with Crippen LogP contribution in [0.2, 0.25) is 0 Å². The first-order valence-electron chi connectivity index (χ1n) is 7.97. The number of aliphatic hydroxyl groups is 1. The molecule has 0 saturated carbocycles. The molecule has 1 unspecified atom stereocenters. The first-order chi connectivity index (χ1) is 12.1. The number of para-hydroxylation sites is 1. The van der Waals surface area contributed by atoms with Gasteiger partial charge in [-0.2, -0.15) is 0 Å². The number of benzene rings is 2. The van der Waals surface area contributed by atoms with Gasteiger partial charge in [-0.15, -0.1) is 0 Å². The first kappa shape index (κ1) is 18.7. The molecule has 0 aliphatic heterocycles. The maximum atomic E-state index is 10.4. The third-order valence-corrected chi connectivity index (χ3v) is 3.64. The van der Waals surface area contributed by atoms with Crippen LogP contribution in [0.15, 0.2) is 36.4 Å². The molecule has 6 heteroatoms. The van der Waals surface area contributed by atoms with Crippen molar-refractivity contribution in [3.05, 3.63) is 42.0 Å². The molecule has 136 valence electrons. The third-order valence-electron chi connectivity index (χ3n) is 3.64. The molecule has 0 saturated heterocycles. The van der Waals surface area contributed by atoms with Crippen LogP contribution in [0.1, 0.15) is 18.6 Å². The van der Waals surface area contributed by atoms with Crippen molar-refractivity contribution >= 4 is 0 Å². The zero-order valence-electron chi connectivity index (χ0n) is 14.9. The van der Waals surface area contributed by atoms with Crippen LogP contribution in [0.25, 0.3) is 0 Å². The molecule has 0 radical (unpaired) electrons. The number of hydrogen-bond acceptors (Lipinski definition) is 6. The molecule has 0 heterocycles. The van der Waals surface area contributed by atoms with Crippen LogP contribution >= 0.6 is 0 Å². The highest BCUT2D eigenvalue weighted by Gasteiger charge is 2.16. The molecule has 0 bridgehead atoms. The molecule has 25 heavy (non-hydrogen) atoms. The molecule has 2 aromatic rings. The van der Waals surface area contributed by atoms with Crippen molar-refractivity contribution in [2.24, 2.45) is 0 Å². The van der Waals surface area contributed by atoms with Gasteiger partial charge in [0, 0.05) is 0 Å². The second-order valence-corrected chi connectivity index (χ2v) is 5.16. The fourth-order valence-corrected chi connectivity index (χ4v) is 2.38. The van der Waals surface area contributed by atoms with Crippen molar-refractivity contribution in [3.8, 4) is 28.7 Å². The van der Waals surface area contributed by atoms with Crippen LogP contribution in [0.3, 0.4) is 0 Å². The van der Waals surface area contributed by atoms with E-state index in [2.05, 4.69) is 0 Å². The van der Waals surface area contributed by atoms with E-state index in [1.165, 1.54) is 0 Å². The molecule has 0 fully saturated rings. The lowest BCUT2D eigenvalue weighted by atomic mass is 10.1. The van der Waals surface area contributed by atoms with E-state index in [0.717, 1.165) is 0 Å². The molecule has 0 aliphatic rings. The fourth-order valence-electron chi connectivity index (χ4n) is 2.38. The summed E-state index contributed by atoms with van der Waals surface area (Å²) >= 11 is 0. The molecular weight excluding hydrogens is 324 g/mol. The second-order valence-electron chi connectivity index (χ2n) is 5.16. The van der Waals surface area contributed by atoms with E-state index >= 15 is 0 Å². The van der Waals surface area contributed by atoms with Gasteiger partial charge in [-0.1, -0.05) is 12.1 Å². The number of rotatable bonds is 9. The topological polar surface area (TPSA) is 66.4 Å². The lowest BCUT2D eigenvalue weighted by Gasteiger charge is -2.18. The molecule has 2 rings (SSSR count). The van der Waals surface area contributed by atoms with E-state index in [4.69, 9.17) is 23.7 Å². The van der Waals surface area contributed by atoms with Crippen LogP contribution < -0.4 is 23.7 Å². The van der Waals surface area contributed by atoms with Crippen molar-refractivity contribution < 1.29 is 28.8 Å². The predicted molar refractivity (Wildman–Crippen MR) is 94.2 cm³/mol. The largest absolute Gasteiger partial charge is 0.493 e. The number of aliphatic hydroxyl groups excluding tert-OH is 1. The predicted octanol–water partition coefficient (Wildman–Crippen LogP) is 3.22. The van der Waals surface area contributed by atoms with Crippen molar-refractivity contribution in [1.29, 1.82) is 0 Å². The Morgan fingerprint density at radius 1 is 0.840 bits per heavy atom. The molecule has 0 aliphatic carbocycles. The zero-order valence-corrected chi connectivity index (χ0v) is 14.9. The lowest BCUT2D eigenvalue weighted by molar-refractivity contribution is 0.104. The molecule has 6 nitrogen and oxygen atoms in total. The van der Waals surface area contributed by atoms with Crippen molar-refractivity contribution in [2.75, 3.05) is 34.5 Å². The minimum atomic E-state index is -0.848. The SMILES string of the molecule is CCOc1ccc(C(O)COc2c(OC)cccc2OC)cc1OC. The van der Waals surface area contributed by atoms with Crippen molar-refractivity contribution in [1.82, 2.24) is 0 Å². The monoisotopic (exact) mass is 348 g/mol. The Labute approximate surface area is 147 Å². The fraction of sp³-hybridized carbons (Fsp3) is 0.368. The molecule has 0 amide bonds. The van der Waals surface area contributed by atoms with Gasteiger partial charge < -0.3 is 28.8 Å². The third kappa shape index (κ3) is 4.48. The summed E-state index contributed by atoms with van der Waals surface area (Å²) in [6.45, 7) is 2.47. The minimum absolute atomic E-state index is 0.0356. The first-order valence-corrected chi connectivity index (χ1v) is 7.97. The zero-order chi connectivity index (χ0) is 18.2. The van der Waals surface area contributed by atoms with Crippen LogP contribution in [-0.4, -0.2) is 39.6 Å². The molecular formula is C19H24O6. The van der Waals surface area contributed by atoms with E-state index in [9.17, 15) is 5.11 Å². The van der Waals surface area contributed by atoms with Crippen LogP contribution in [0.4, 0.5) is 0 Å². The average molecular weight is 348 g/mol. The average Bonchev–Trinajstić information content (AvgIpc) is 2.66. The van der Waals surface area contributed by atoms with Gasteiger partial charge in [0.2, 0.25) is 5.75 Å². The van der Waals surface area contributed by atoms with Gasteiger partial charge in [-0.25, -0.2) is 0 Å². The Hall–Kier alpha value is -2.60. The van der Waals surface area contributed by atoms with Crippen molar-refractivity contribution in [3.63, 3.8) is 0 Å². The summed E-state index contributed by atoms with van der Waals surface area (Å²) in [4.78, 5) is 0. The number of ether oxygens (including phenoxy) is 5. The van der Waals surface area contributed by atoms with E-state index in [1.54, 1.807) is 57.7 Å². The Kier molecular flexibility index (Phi) is 6.77. The van der Waals surface area contributed by atoms with Crippen molar-refractivity contribution in [2.45, 2.75) is 13.0 Å². The van der Waals surface area contributed by atoms with Gasteiger partial charge in [0.15, 0.2) is 23.0 Å². The quantitative estimate of drug-likeness (QED) is 0.750. The number of hydrogen-bond donors (Lipinski definition) is 1. The van der Waals surface area contributed by atoms with Crippen LogP contribution in [0, 0.1) is 0 Å². The second kappa shape index (κ2) is 9.03. The summed E-state index contributed by atoms with van der Waals surface area (Å²) in [5.41, 5.74) is 0.661. The van der Waals surface area contributed by atoms with Gasteiger partial charge in [0.1, 0.15) is 12.7 Å². The summed E-state index contributed by atoms with van der Waals surface area (Å²) in [6, 6.07) is 10.6. The molecule has 0 aromatic heterocycles. The van der Waals surface area contributed by atoms with Gasteiger partial charge in [-0.3, -0.25) is 0 Å². The van der Waals surface area contributed by atoms with Gasteiger partial charge >= 0.3 is 0 Å². The Bertz CT molecular complexity index is 663. The van der Waals surface area contributed by atoms with E-state index in [1.807, 2.05) is 6.92 Å². The van der Waals surface area contributed by atoms with Gasteiger partial charge in [0.25, 0.3) is 0 Å². The number of methoxy groups -OCH3 is 3. The van der Waals surface area contributed by atoms with Crippen LogP contribution in [0.5, 0.6) is 28.7 Å². The standard InChI is InChI=1S/C19H24O6/c1-5-24-15-10-9-13(11-18(15)23-4)14(20)12-25-19-16(21-2)7-6-8-17(19)22-3/h6-11,14,20H,5,12H2,1-4H3. The Morgan fingerprint density at radius 2 is 1.48 bits per heavy atom. The normalized spacial score (nSPS) is 11.6. The molecule has 0 spiro atoms. The van der Waals surface area contributed by atoms with Crippen LogP contribution in [-0.2, 0) is 0 Å². The summed E-state index contributed by atoms with van der Waals surface area (Å²) in [5, 5.41) is 10.4. The highest BCUT2D eigenvalue weighted by atomic mass is 16.5. The van der Waals surface area contributed by atoms with E-state index < -0.39 is 6.10 Å². The lowest BCUT2D eigenvalue weighted by Crippen LogP contribution is -2.11. The summed E-state index contributed by atoms with van der Waals surface area (Å²) in [5.74, 6) is 2.72. The van der Waals surface area contributed by atoms with Gasteiger partial charge in [-0.05, 0) is 36.8 Å². The smallest absolute Gasteiger partial charge is 0.203 e. The molecule has 1 N–H and O–H groups in total. The molecule has 2 aromatic carbocycles. The summed E-state index contributed by atoms with van der Waals surface area (Å²) < 4.78 is 27.1.